The summed E-state index contributed by atoms with van der Waals surface area (Å²) in [7, 11) is 0. The zero-order chi connectivity index (χ0) is 14.5. The van der Waals surface area contributed by atoms with Gasteiger partial charge in [0.2, 0.25) is 5.91 Å². The lowest BCUT2D eigenvalue weighted by atomic mass is 10.1. The van der Waals surface area contributed by atoms with Gasteiger partial charge >= 0.3 is 5.97 Å². The maximum atomic E-state index is 12.0. The van der Waals surface area contributed by atoms with Gasteiger partial charge in [-0.2, -0.15) is 0 Å². The van der Waals surface area contributed by atoms with Gasteiger partial charge in [0.25, 0.3) is 0 Å². The summed E-state index contributed by atoms with van der Waals surface area (Å²) in [6, 6.07) is 7.36. The molecule has 1 atom stereocenters. The van der Waals surface area contributed by atoms with Crippen molar-refractivity contribution in [2.75, 3.05) is 18.4 Å². The number of nitrogens with zero attached hydrogens (tertiary/aromatic N) is 1. The summed E-state index contributed by atoms with van der Waals surface area (Å²) in [6.07, 6.45) is 1.89. The smallest absolute Gasteiger partial charge is 0.304 e. The molecule has 0 aliphatic carbocycles. The number of carboxylic acid groups (broad SMARTS) is 1. The van der Waals surface area contributed by atoms with E-state index < -0.39 is 5.97 Å². The summed E-state index contributed by atoms with van der Waals surface area (Å²) < 4.78 is 0.903. The fourth-order valence-corrected chi connectivity index (χ4v) is 2.89. The first-order valence-electron chi connectivity index (χ1n) is 6.56. The second kappa shape index (κ2) is 6.85. The van der Waals surface area contributed by atoms with Crippen LogP contribution in [0.15, 0.2) is 28.7 Å². The largest absolute Gasteiger partial charge is 0.481 e. The van der Waals surface area contributed by atoms with Gasteiger partial charge in [0.05, 0.1) is 13.0 Å². The molecule has 1 aromatic carbocycles. The third-order valence-electron chi connectivity index (χ3n) is 3.36. The quantitative estimate of drug-likeness (QED) is 0.862. The minimum absolute atomic E-state index is 0.0271. The van der Waals surface area contributed by atoms with Gasteiger partial charge in [0.1, 0.15) is 0 Å². The summed E-state index contributed by atoms with van der Waals surface area (Å²) in [4.78, 5) is 24.7. The van der Waals surface area contributed by atoms with Crippen molar-refractivity contribution < 1.29 is 14.7 Å². The van der Waals surface area contributed by atoms with Crippen LogP contribution in [0.3, 0.4) is 0 Å². The molecule has 2 N–H and O–H groups in total. The van der Waals surface area contributed by atoms with Gasteiger partial charge in [-0.3, -0.25) is 14.5 Å². The van der Waals surface area contributed by atoms with E-state index in [1.54, 1.807) is 0 Å². The Labute approximate surface area is 126 Å². The van der Waals surface area contributed by atoms with Gasteiger partial charge in [0.15, 0.2) is 0 Å². The molecule has 20 heavy (non-hydrogen) atoms. The van der Waals surface area contributed by atoms with E-state index >= 15 is 0 Å². The first-order valence-corrected chi connectivity index (χ1v) is 7.35. The Bertz CT molecular complexity index is 507. The predicted octanol–water partition coefficient (Wildman–Crippen LogP) is 2.33. The van der Waals surface area contributed by atoms with Crippen LogP contribution in [-0.2, 0) is 9.59 Å². The van der Waals surface area contributed by atoms with Gasteiger partial charge in [0, 0.05) is 16.2 Å². The molecule has 1 unspecified atom stereocenters. The highest BCUT2D eigenvalue weighted by molar-refractivity contribution is 9.10. The molecule has 1 aliphatic rings. The minimum atomic E-state index is -0.811. The van der Waals surface area contributed by atoms with Crippen LogP contribution >= 0.6 is 15.9 Å². The van der Waals surface area contributed by atoms with Crippen molar-refractivity contribution in [2.45, 2.75) is 25.3 Å². The summed E-state index contributed by atoms with van der Waals surface area (Å²) in [5.41, 5.74) is 0.735. The molecule has 2 rings (SSSR count). The van der Waals surface area contributed by atoms with Crippen LogP contribution in [0.4, 0.5) is 5.69 Å². The number of hydrogen-bond donors (Lipinski definition) is 2. The number of aliphatic carboxylic acids is 1. The van der Waals surface area contributed by atoms with Crippen molar-refractivity contribution in [1.82, 2.24) is 4.90 Å². The van der Waals surface area contributed by atoms with E-state index in [0.29, 0.717) is 0 Å². The van der Waals surface area contributed by atoms with Gasteiger partial charge < -0.3 is 10.4 Å². The number of halogens is 1. The summed E-state index contributed by atoms with van der Waals surface area (Å²) in [5, 5.41) is 11.7. The fourth-order valence-electron chi connectivity index (χ4n) is 2.49. The molecule has 108 valence electrons. The van der Waals surface area contributed by atoms with Crippen LogP contribution in [0, 0.1) is 0 Å². The molecule has 0 bridgehead atoms. The van der Waals surface area contributed by atoms with Crippen LogP contribution in [0.25, 0.3) is 0 Å². The van der Waals surface area contributed by atoms with Gasteiger partial charge in [-0.15, -0.1) is 0 Å². The Hall–Kier alpha value is -1.40. The molecule has 0 spiro atoms. The van der Waals surface area contributed by atoms with Crippen LogP contribution in [0.5, 0.6) is 0 Å². The first-order chi connectivity index (χ1) is 9.54. The molecule has 0 saturated carbocycles. The molecular formula is C14H17BrN2O3. The normalized spacial score (nSPS) is 18.9. The van der Waals surface area contributed by atoms with E-state index in [9.17, 15) is 9.59 Å². The van der Waals surface area contributed by atoms with Gasteiger partial charge in [-0.1, -0.05) is 22.0 Å². The van der Waals surface area contributed by atoms with Gasteiger partial charge in [-0.05, 0) is 37.6 Å². The lowest BCUT2D eigenvalue weighted by Gasteiger charge is -2.22. The van der Waals surface area contributed by atoms with Crippen molar-refractivity contribution in [1.29, 1.82) is 0 Å². The van der Waals surface area contributed by atoms with Crippen molar-refractivity contribution in [3.63, 3.8) is 0 Å². The van der Waals surface area contributed by atoms with Crippen molar-refractivity contribution in [3.8, 4) is 0 Å². The molecule has 0 aromatic heterocycles. The third-order valence-corrected chi connectivity index (χ3v) is 3.86. The highest BCUT2D eigenvalue weighted by Crippen LogP contribution is 2.20. The molecule has 1 aliphatic heterocycles. The van der Waals surface area contributed by atoms with Crippen molar-refractivity contribution in [2.24, 2.45) is 0 Å². The van der Waals surface area contributed by atoms with Crippen LogP contribution < -0.4 is 5.32 Å². The Kier molecular flexibility index (Phi) is 5.14. The highest BCUT2D eigenvalue weighted by atomic mass is 79.9. The lowest BCUT2D eigenvalue weighted by molar-refractivity contribution is -0.138. The van der Waals surface area contributed by atoms with Crippen molar-refractivity contribution in [3.05, 3.63) is 28.7 Å². The summed E-state index contributed by atoms with van der Waals surface area (Å²) in [5.74, 6) is -0.922. The van der Waals surface area contributed by atoms with Gasteiger partial charge in [-0.25, -0.2) is 0 Å². The van der Waals surface area contributed by atoms with E-state index in [1.165, 1.54) is 0 Å². The van der Waals surface area contributed by atoms with E-state index in [-0.39, 0.29) is 24.9 Å². The first kappa shape index (κ1) is 15.0. The molecule has 1 fully saturated rings. The Morgan fingerprint density at radius 3 is 2.95 bits per heavy atom. The number of likely N-dealkylation sites (tertiary alicyclic amines) is 1. The molecule has 1 heterocycles. The molecule has 0 radical (unpaired) electrons. The predicted molar refractivity (Wildman–Crippen MR) is 79.6 cm³/mol. The molecule has 1 amide bonds. The number of amides is 1. The van der Waals surface area contributed by atoms with E-state index in [4.69, 9.17) is 5.11 Å². The molecular weight excluding hydrogens is 324 g/mol. The molecule has 6 heteroatoms. The summed E-state index contributed by atoms with van der Waals surface area (Å²) >= 11 is 3.35. The molecule has 5 nitrogen and oxygen atoms in total. The number of anilines is 1. The molecule has 1 aromatic rings. The van der Waals surface area contributed by atoms with Crippen LogP contribution in [0.2, 0.25) is 0 Å². The maximum absolute atomic E-state index is 12.0. The van der Waals surface area contributed by atoms with Crippen molar-refractivity contribution >= 4 is 33.5 Å². The zero-order valence-corrected chi connectivity index (χ0v) is 12.6. The average molecular weight is 341 g/mol. The number of carbonyl (C=O) groups is 2. The second-order valence-electron chi connectivity index (χ2n) is 4.92. The number of hydrogen-bond acceptors (Lipinski definition) is 3. The topological polar surface area (TPSA) is 69.6 Å². The Morgan fingerprint density at radius 2 is 2.25 bits per heavy atom. The number of carboxylic acids is 1. The second-order valence-corrected chi connectivity index (χ2v) is 5.84. The van der Waals surface area contributed by atoms with E-state index in [1.807, 2.05) is 29.2 Å². The standard InChI is InChI=1S/C14H17BrN2O3/c15-10-3-1-4-11(7-10)16-13(18)9-17-6-2-5-12(17)8-14(19)20/h1,3-4,7,12H,2,5-6,8-9H2,(H,16,18)(H,19,20). The Balaban J connectivity index is 1.89. The van der Waals surface area contributed by atoms with Crippen LogP contribution in [0.1, 0.15) is 19.3 Å². The monoisotopic (exact) mass is 340 g/mol. The Morgan fingerprint density at radius 1 is 1.45 bits per heavy atom. The lowest BCUT2D eigenvalue weighted by Crippen LogP contribution is -2.37. The zero-order valence-electron chi connectivity index (χ0n) is 11.0. The van der Waals surface area contributed by atoms with Crippen LogP contribution in [-0.4, -0.2) is 41.0 Å². The fraction of sp³-hybridized carbons (Fsp3) is 0.429. The number of carbonyl (C=O) groups excluding carboxylic acids is 1. The van der Waals surface area contributed by atoms with E-state index in [0.717, 1.165) is 29.5 Å². The maximum Gasteiger partial charge on any atom is 0.304 e. The number of benzene rings is 1. The minimum Gasteiger partial charge on any atom is -0.481 e. The third kappa shape index (κ3) is 4.31. The number of nitrogens with one attached hydrogen (secondary N) is 1. The summed E-state index contributed by atoms with van der Waals surface area (Å²) in [6.45, 7) is 1.02. The highest BCUT2D eigenvalue weighted by Gasteiger charge is 2.27. The average Bonchev–Trinajstić information content (AvgIpc) is 2.75. The molecule has 1 saturated heterocycles. The van der Waals surface area contributed by atoms with E-state index in [2.05, 4.69) is 21.2 Å². The number of rotatable bonds is 5. The SMILES string of the molecule is O=C(O)CC1CCCN1CC(=O)Nc1cccc(Br)c1.